The standard InChI is InChI=1S/C11H11ClF2INO2/c1-2-18-8(17)3-6-5-16-10(11(13)14)7(4-12)9(6)15/h5,11H,2-4H2,1H3. The van der Waals surface area contributed by atoms with Crippen molar-refractivity contribution in [3.63, 3.8) is 0 Å². The van der Waals surface area contributed by atoms with Gasteiger partial charge in [-0.25, -0.2) is 8.78 Å². The van der Waals surface area contributed by atoms with Crippen LogP contribution in [0.25, 0.3) is 0 Å². The fourth-order valence-corrected chi connectivity index (χ4v) is 2.69. The van der Waals surface area contributed by atoms with Crippen molar-refractivity contribution in [2.75, 3.05) is 6.61 Å². The van der Waals surface area contributed by atoms with Gasteiger partial charge in [-0.2, -0.15) is 0 Å². The number of alkyl halides is 3. The monoisotopic (exact) mass is 389 g/mol. The third-order valence-electron chi connectivity index (χ3n) is 2.20. The maximum atomic E-state index is 12.7. The Morgan fingerprint density at radius 1 is 1.61 bits per heavy atom. The summed E-state index contributed by atoms with van der Waals surface area (Å²) in [6, 6.07) is 0. The van der Waals surface area contributed by atoms with Crippen LogP contribution >= 0.6 is 34.2 Å². The van der Waals surface area contributed by atoms with Crippen LogP contribution < -0.4 is 0 Å². The van der Waals surface area contributed by atoms with Crippen molar-refractivity contribution < 1.29 is 18.3 Å². The van der Waals surface area contributed by atoms with Gasteiger partial charge in [-0.1, -0.05) is 0 Å². The number of nitrogens with zero attached hydrogens (tertiary/aromatic N) is 1. The number of hydrogen-bond donors (Lipinski definition) is 0. The van der Waals surface area contributed by atoms with Gasteiger partial charge >= 0.3 is 5.97 Å². The van der Waals surface area contributed by atoms with Crippen LogP contribution in [-0.4, -0.2) is 17.6 Å². The molecule has 0 N–H and O–H groups in total. The Bertz CT molecular complexity index is 443. The molecule has 0 spiro atoms. The van der Waals surface area contributed by atoms with Crippen LogP contribution in [0.4, 0.5) is 8.78 Å². The van der Waals surface area contributed by atoms with Gasteiger partial charge in [0.2, 0.25) is 0 Å². The van der Waals surface area contributed by atoms with Crippen molar-refractivity contribution in [1.82, 2.24) is 4.98 Å². The Morgan fingerprint density at radius 3 is 2.78 bits per heavy atom. The second-order valence-electron chi connectivity index (χ2n) is 3.38. The summed E-state index contributed by atoms with van der Waals surface area (Å²) in [5.74, 6) is -0.482. The van der Waals surface area contributed by atoms with Crippen LogP contribution in [0.5, 0.6) is 0 Å². The van der Waals surface area contributed by atoms with Crippen molar-refractivity contribution >= 4 is 40.2 Å². The van der Waals surface area contributed by atoms with Gasteiger partial charge in [-0.05, 0) is 35.1 Å². The van der Waals surface area contributed by atoms with E-state index in [0.717, 1.165) is 0 Å². The third-order valence-corrected chi connectivity index (χ3v) is 3.81. The van der Waals surface area contributed by atoms with Crippen molar-refractivity contribution in [2.24, 2.45) is 0 Å². The van der Waals surface area contributed by atoms with E-state index in [1.807, 2.05) is 22.6 Å². The van der Waals surface area contributed by atoms with Gasteiger partial charge in [0.05, 0.1) is 18.9 Å². The minimum absolute atomic E-state index is 0.00647. The summed E-state index contributed by atoms with van der Waals surface area (Å²) in [5, 5.41) is 0. The van der Waals surface area contributed by atoms with E-state index in [2.05, 4.69) is 4.98 Å². The molecule has 3 nitrogen and oxygen atoms in total. The second kappa shape index (κ2) is 7.18. The average molecular weight is 390 g/mol. The molecule has 0 saturated heterocycles. The Hall–Kier alpha value is -0.500. The number of pyridine rings is 1. The molecule has 0 saturated carbocycles. The van der Waals surface area contributed by atoms with Crippen molar-refractivity contribution in [3.8, 4) is 0 Å². The lowest BCUT2D eigenvalue weighted by atomic mass is 10.1. The Kier molecular flexibility index (Phi) is 6.20. The lowest BCUT2D eigenvalue weighted by Crippen LogP contribution is -2.11. The largest absolute Gasteiger partial charge is 0.466 e. The number of carbonyl (C=O) groups is 1. The zero-order valence-corrected chi connectivity index (χ0v) is 12.5. The first kappa shape index (κ1) is 15.6. The molecule has 0 aliphatic heterocycles. The van der Waals surface area contributed by atoms with E-state index in [0.29, 0.717) is 9.13 Å². The van der Waals surface area contributed by atoms with Crippen LogP contribution in [0.15, 0.2) is 6.20 Å². The average Bonchev–Trinajstić information content (AvgIpc) is 2.31. The third kappa shape index (κ3) is 3.74. The van der Waals surface area contributed by atoms with Crippen LogP contribution in [0.3, 0.4) is 0 Å². The van der Waals surface area contributed by atoms with Gasteiger partial charge in [0.1, 0.15) is 5.69 Å². The van der Waals surface area contributed by atoms with E-state index < -0.39 is 12.4 Å². The first-order chi connectivity index (χ1) is 8.51. The molecule has 0 atom stereocenters. The zero-order chi connectivity index (χ0) is 13.7. The maximum Gasteiger partial charge on any atom is 0.310 e. The molecule has 0 amide bonds. The number of halogens is 4. The van der Waals surface area contributed by atoms with Gasteiger partial charge in [0.25, 0.3) is 6.43 Å². The SMILES string of the molecule is CCOC(=O)Cc1cnc(C(F)F)c(CCl)c1I. The summed E-state index contributed by atoms with van der Waals surface area (Å²) in [6.45, 7) is 1.98. The summed E-state index contributed by atoms with van der Waals surface area (Å²) in [4.78, 5) is 15.0. The molecule has 1 aromatic rings. The number of aromatic nitrogens is 1. The predicted molar refractivity (Wildman–Crippen MR) is 71.8 cm³/mol. The maximum absolute atomic E-state index is 12.7. The molecule has 100 valence electrons. The van der Waals surface area contributed by atoms with Gasteiger partial charge < -0.3 is 4.74 Å². The van der Waals surface area contributed by atoms with Crippen LogP contribution in [0.2, 0.25) is 0 Å². The normalized spacial score (nSPS) is 10.8. The summed E-state index contributed by atoms with van der Waals surface area (Å²) in [5.41, 5.74) is 0.491. The van der Waals surface area contributed by atoms with Gasteiger partial charge in [0, 0.05) is 15.3 Å². The fourth-order valence-electron chi connectivity index (χ4n) is 1.39. The number of rotatable bonds is 5. The number of esters is 1. The summed E-state index contributed by atoms with van der Waals surface area (Å²) in [6.07, 6.45) is -1.40. The minimum atomic E-state index is -2.68. The molecular weight excluding hydrogens is 378 g/mol. The lowest BCUT2D eigenvalue weighted by molar-refractivity contribution is -0.142. The summed E-state index contributed by atoms with van der Waals surface area (Å²) >= 11 is 7.55. The number of carbonyl (C=O) groups excluding carboxylic acids is 1. The molecule has 1 rings (SSSR count). The van der Waals surface area contributed by atoms with E-state index in [4.69, 9.17) is 16.3 Å². The molecule has 18 heavy (non-hydrogen) atoms. The molecule has 0 aromatic carbocycles. The van der Waals surface area contributed by atoms with E-state index in [-0.39, 0.29) is 30.2 Å². The molecular formula is C11H11ClF2INO2. The smallest absolute Gasteiger partial charge is 0.310 e. The first-order valence-electron chi connectivity index (χ1n) is 5.17. The lowest BCUT2D eigenvalue weighted by Gasteiger charge is -2.11. The highest BCUT2D eigenvalue weighted by atomic mass is 127. The van der Waals surface area contributed by atoms with E-state index >= 15 is 0 Å². The predicted octanol–water partition coefficient (Wildman–Crippen LogP) is 3.47. The van der Waals surface area contributed by atoms with Gasteiger partial charge in [-0.15, -0.1) is 11.6 Å². The molecule has 7 heteroatoms. The van der Waals surface area contributed by atoms with Crippen molar-refractivity contribution in [1.29, 1.82) is 0 Å². The van der Waals surface area contributed by atoms with Crippen LogP contribution in [-0.2, 0) is 21.8 Å². The van der Waals surface area contributed by atoms with Crippen molar-refractivity contribution in [2.45, 2.75) is 25.7 Å². The topological polar surface area (TPSA) is 39.2 Å². The molecule has 1 aromatic heterocycles. The molecule has 0 aliphatic carbocycles. The fraction of sp³-hybridized carbons (Fsp3) is 0.455. The molecule has 1 heterocycles. The molecule has 0 fully saturated rings. The molecule has 0 aliphatic rings. The van der Waals surface area contributed by atoms with Crippen LogP contribution in [0, 0.1) is 3.57 Å². The quantitative estimate of drug-likeness (QED) is 0.440. The van der Waals surface area contributed by atoms with Gasteiger partial charge in [-0.3, -0.25) is 9.78 Å². The number of ether oxygens (including phenoxy) is 1. The Labute approximate surface area is 122 Å². The molecule has 0 unspecified atom stereocenters. The van der Waals surface area contributed by atoms with Gasteiger partial charge in [0.15, 0.2) is 0 Å². The van der Waals surface area contributed by atoms with E-state index in [9.17, 15) is 13.6 Å². The highest BCUT2D eigenvalue weighted by Gasteiger charge is 2.20. The minimum Gasteiger partial charge on any atom is -0.466 e. The Balaban J connectivity index is 3.05. The van der Waals surface area contributed by atoms with E-state index in [1.54, 1.807) is 6.92 Å². The second-order valence-corrected chi connectivity index (χ2v) is 4.72. The summed E-state index contributed by atoms with van der Waals surface area (Å²) < 4.78 is 30.7. The van der Waals surface area contributed by atoms with E-state index in [1.165, 1.54) is 6.20 Å². The highest BCUT2D eigenvalue weighted by Crippen LogP contribution is 2.28. The van der Waals surface area contributed by atoms with Crippen molar-refractivity contribution in [3.05, 3.63) is 26.6 Å². The van der Waals surface area contributed by atoms with Crippen LogP contribution in [0.1, 0.15) is 30.2 Å². The molecule has 0 radical (unpaired) electrons. The molecule has 0 bridgehead atoms. The summed E-state index contributed by atoms with van der Waals surface area (Å²) in [7, 11) is 0. The Morgan fingerprint density at radius 2 is 2.28 bits per heavy atom. The highest BCUT2D eigenvalue weighted by molar-refractivity contribution is 14.1. The zero-order valence-electron chi connectivity index (χ0n) is 9.55. The first-order valence-corrected chi connectivity index (χ1v) is 6.78. The number of hydrogen-bond acceptors (Lipinski definition) is 3.